The fraction of sp³-hybridized carbons (Fsp3) is 0.161. The molecule has 302 valence electrons. The summed E-state index contributed by atoms with van der Waals surface area (Å²) in [6.07, 6.45) is 7.75. The van der Waals surface area contributed by atoms with E-state index in [1.54, 1.807) is 0 Å². The van der Waals surface area contributed by atoms with E-state index in [9.17, 15) is 0 Å². The molecule has 0 atom stereocenters. The molecule has 0 aliphatic heterocycles. The van der Waals surface area contributed by atoms with Gasteiger partial charge in [0.25, 0.3) is 0 Å². The summed E-state index contributed by atoms with van der Waals surface area (Å²) in [5, 5.41) is 10.5. The average molecular weight is 808 g/mol. The van der Waals surface area contributed by atoms with Crippen molar-refractivity contribution in [2.75, 3.05) is 0 Å². The Hall–Kier alpha value is -6.96. The maximum absolute atomic E-state index is 2.59. The van der Waals surface area contributed by atoms with Gasteiger partial charge in [0.15, 0.2) is 0 Å². The second-order valence-electron chi connectivity index (χ2n) is 19.6. The summed E-state index contributed by atoms with van der Waals surface area (Å²) in [5.74, 6) is 0. The molecule has 1 heteroatoms. The van der Waals surface area contributed by atoms with Gasteiger partial charge in [0.05, 0.1) is 16.7 Å². The Balaban J connectivity index is 0.959. The first-order valence-electron chi connectivity index (χ1n) is 22.9. The van der Waals surface area contributed by atoms with Crippen molar-refractivity contribution < 1.29 is 0 Å². The molecule has 10 aromatic rings. The number of benzene rings is 9. The third kappa shape index (κ3) is 5.05. The van der Waals surface area contributed by atoms with Crippen LogP contribution in [0.15, 0.2) is 175 Å². The van der Waals surface area contributed by atoms with Crippen molar-refractivity contribution in [3.8, 4) is 27.9 Å². The second-order valence-corrected chi connectivity index (χ2v) is 19.6. The normalized spacial score (nSPS) is 15.8. The van der Waals surface area contributed by atoms with Gasteiger partial charge in [-0.05, 0) is 156 Å². The van der Waals surface area contributed by atoms with E-state index < -0.39 is 0 Å². The van der Waals surface area contributed by atoms with Gasteiger partial charge >= 0.3 is 0 Å². The van der Waals surface area contributed by atoms with Crippen molar-refractivity contribution in [3.63, 3.8) is 0 Å². The molecule has 1 nitrogen and oxygen atoms in total. The van der Waals surface area contributed by atoms with Crippen LogP contribution < -0.4 is 0 Å². The molecule has 0 amide bonds. The smallest absolute Gasteiger partial charge is 0.0547 e. The lowest BCUT2D eigenvalue weighted by atomic mass is 9.79. The largest absolute Gasteiger partial charge is 0.309 e. The van der Waals surface area contributed by atoms with Gasteiger partial charge in [0, 0.05) is 27.0 Å². The summed E-state index contributed by atoms with van der Waals surface area (Å²) >= 11 is 0. The topological polar surface area (TPSA) is 4.93 Å². The van der Waals surface area contributed by atoms with E-state index in [0.29, 0.717) is 0 Å². The van der Waals surface area contributed by atoms with E-state index >= 15 is 0 Å². The highest BCUT2D eigenvalue weighted by Crippen LogP contribution is 2.58. The third-order valence-corrected chi connectivity index (χ3v) is 15.4. The van der Waals surface area contributed by atoms with Gasteiger partial charge in [0.1, 0.15) is 0 Å². The first-order valence-corrected chi connectivity index (χ1v) is 22.9. The van der Waals surface area contributed by atoms with Crippen molar-refractivity contribution >= 4 is 59.7 Å². The van der Waals surface area contributed by atoms with Crippen LogP contribution >= 0.6 is 0 Å². The molecule has 0 spiro atoms. The molecule has 0 radical (unpaired) electrons. The molecule has 0 saturated carbocycles. The molecule has 3 aliphatic rings. The molecule has 3 aliphatic carbocycles. The monoisotopic (exact) mass is 807 g/mol. The number of rotatable bonds is 4. The molecule has 0 fully saturated rings. The Morgan fingerprint density at radius 3 is 1.94 bits per heavy atom. The van der Waals surface area contributed by atoms with E-state index in [1.165, 1.54) is 132 Å². The highest BCUT2D eigenvalue weighted by Gasteiger charge is 2.43. The van der Waals surface area contributed by atoms with Crippen LogP contribution in [0.5, 0.6) is 0 Å². The molecule has 0 unspecified atom stereocenters. The summed E-state index contributed by atoms with van der Waals surface area (Å²) in [4.78, 5) is 0. The van der Waals surface area contributed by atoms with Crippen molar-refractivity contribution in [2.45, 2.75) is 64.7 Å². The second kappa shape index (κ2) is 13.0. The van der Waals surface area contributed by atoms with Crippen molar-refractivity contribution in [1.29, 1.82) is 0 Å². The summed E-state index contributed by atoms with van der Waals surface area (Å²) in [5.41, 5.74) is 21.8. The lowest BCUT2D eigenvalue weighted by molar-refractivity contribution is 0.651. The average Bonchev–Trinajstić information content (AvgIpc) is 3.85. The van der Waals surface area contributed by atoms with E-state index in [2.05, 4.69) is 209 Å². The SMILES string of the molecule is CC1=C(c2c(Cc3ccc4c(c3)C(C)(C)c3cc5c(cc3-4)C(C)(C)c3cc(-n4c6ccccc6c6c7ccccc7ccc64)c4ccccc4c3-5)ccc3ccccc23)CCC=C1. The fourth-order valence-corrected chi connectivity index (χ4v) is 12.3. The van der Waals surface area contributed by atoms with Crippen molar-refractivity contribution in [3.05, 3.63) is 214 Å². The Bertz CT molecular complexity index is 3710. The zero-order valence-corrected chi connectivity index (χ0v) is 36.7. The van der Waals surface area contributed by atoms with Crippen LogP contribution in [-0.2, 0) is 17.3 Å². The van der Waals surface area contributed by atoms with Crippen LogP contribution in [0.4, 0.5) is 0 Å². The quantitative estimate of drug-likeness (QED) is 0.167. The summed E-state index contributed by atoms with van der Waals surface area (Å²) < 4.78 is 2.54. The van der Waals surface area contributed by atoms with Crippen LogP contribution in [0.25, 0.3) is 87.6 Å². The molecular formula is C62H49N. The van der Waals surface area contributed by atoms with Gasteiger partial charge in [-0.2, -0.15) is 0 Å². The highest BCUT2D eigenvalue weighted by molar-refractivity contribution is 6.22. The molecule has 13 rings (SSSR count). The van der Waals surface area contributed by atoms with Crippen LogP contribution in [-0.4, -0.2) is 4.57 Å². The maximum atomic E-state index is 2.59. The molecule has 0 bridgehead atoms. The summed E-state index contributed by atoms with van der Waals surface area (Å²) in [6.45, 7) is 12.1. The molecule has 63 heavy (non-hydrogen) atoms. The number of aromatic nitrogens is 1. The van der Waals surface area contributed by atoms with Crippen LogP contribution in [0.1, 0.15) is 86.4 Å². The Morgan fingerprint density at radius 2 is 1.13 bits per heavy atom. The third-order valence-electron chi connectivity index (χ3n) is 15.4. The van der Waals surface area contributed by atoms with Gasteiger partial charge in [0.2, 0.25) is 0 Å². The van der Waals surface area contributed by atoms with E-state index in [1.807, 2.05) is 0 Å². The predicted octanol–water partition coefficient (Wildman–Crippen LogP) is 16.6. The number of hydrogen-bond acceptors (Lipinski definition) is 0. The lowest BCUT2D eigenvalue weighted by Crippen LogP contribution is -2.17. The Labute approximate surface area is 369 Å². The number of para-hydroxylation sites is 1. The highest BCUT2D eigenvalue weighted by atomic mass is 15.0. The molecule has 1 aromatic heterocycles. The van der Waals surface area contributed by atoms with Gasteiger partial charge in [-0.3, -0.25) is 0 Å². The first-order chi connectivity index (χ1) is 30.7. The molecule has 0 N–H and O–H groups in total. The predicted molar refractivity (Wildman–Crippen MR) is 269 cm³/mol. The Kier molecular flexibility index (Phi) is 7.59. The summed E-state index contributed by atoms with van der Waals surface area (Å²) in [7, 11) is 0. The minimum Gasteiger partial charge on any atom is -0.309 e. The van der Waals surface area contributed by atoms with E-state index in [-0.39, 0.29) is 10.8 Å². The van der Waals surface area contributed by atoms with Crippen LogP contribution in [0, 0.1) is 0 Å². The zero-order chi connectivity index (χ0) is 42.4. The number of hydrogen-bond donors (Lipinski definition) is 0. The van der Waals surface area contributed by atoms with Crippen LogP contribution in [0.2, 0.25) is 0 Å². The molecule has 1 heterocycles. The summed E-state index contributed by atoms with van der Waals surface area (Å²) in [6, 6.07) is 60.4. The van der Waals surface area contributed by atoms with Gasteiger partial charge in [-0.15, -0.1) is 0 Å². The molecule has 0 saturated heterocycles. The zero-order valence-electron chi connectivity index (χ0n) is 36.7. The standard InChI is InChI=1S/C62H49N/c1-37-16-6-9-19-42(37)58-41(28-27-39-17-7-10-20-43(39)58)32-38-26-30-45-49-34-53-50(35-52(49)61(2,3)51(45)33-38)59-47-23-13-12-22-46(47)57(36-54(59)62(53,4)5)63-55-25-15-14-24-48(55)60-44-21-11-8-18-40(44)29-31-56(60)63/h6-8,10-18,20-31,33-36H,9,19,32H2,1-5H3. The van der Waals surface area contributed by atoms with Gasteiger partial charge in [-0.1, -0.05) is 167 Å². The molecular weight excluding hydrogens is 759 g/mol. The van der Waals surface area contributed by atoms with Gasteiger partial charge < -0.3 is 4.57 Å². The van der Waals surface area contributed by atoms with Crippen molar-refractivity contribution in [2.24, 2.45) is 0 Å². The van der Waals surface area contributed by atoms with Crippen LogP contribution in [0.3, 0.4) is 0 Å². The first kappa shape index (κ1) is 36.7. The van der Waals surface area contributed by atoms with E-state index in [0.717, 1.165) is 19.3 Å². The fourth-order valence-electron chi connectivity index (χ4n) is 12.3. The number of nitrogens with zero attached hydrogens (tertiary/aromatic N) is 1. The number of allylic oxidation sites excluding steroid dienone is 4. The van der Waals surface area contributed by atoms with E-state index in [4.69, 9.17) is 0 Å². The Morgan fingerprint density at radius 1 is 0.492 bits per heavy atom. The van der Waals surface area contributed by atoms with Gasteiger partial charge in [-0.25, -0.2) is 0 Å². The number of fused-ring (bicyclic) bond motifs is 14. The minimum atomic E-state index is -0.204. The minimum absolute atomic E-state index is 0.149. The lowest BCUT2D eigenvalue weighted by Gasteiger charge is -2.25. The van der Waals surface area contributed by atoms with Crippen molar-refractivity contribution in [1.82, 2.24) is 4.57 Å². The maximum Gasteiger partial charge on any atom is 0.0547 e. The molecule has 9 aromatic carbocycles.